The van der Waals surface area contributed by atoms with Crippen molar-refractivity contribution >= 4 is 5.91 Å². The minimum atomic E-state index is -0.328. The van der Waals surface area contributed by atoms with Gasteiger partial charge in [-0.1, -0.05) is 23.4 Å². The highest BCUT2D eigenvalue weighted by molar-refractivity contribution is 5.76. The first-order valence-electron chi connectivity index (χ1n) is 9.50. The molecule has 8 heteroatoms. The maximum atomic E-state index is 13.0. The van der Waals surface area contributed by atoms with Gasteiger partial charge in [0.05, 0.1) is 11.9 Å². The van der Waals surface area contributed by atoms with Crippen molar-refractivity contribution in [1.29, 1.82) is 0 Å². The van der Waals surface area contributed by atoms with E-state index in [1.54, 1.807) is 35.0 Å². The largest absolute Gasteiger partial charge is 0.341 e. The number of amides is 1. The van der Waals surface area contributed by atoms with Crippen LogP contribution in [-0.4, -0.2) is 37.8 Å². The third kappa shape index (κ3) is 4.60. The molecule has 7 nitrogen and oxygen atoms in total. The quantitative estimate of drug-likeness (QED) is 0.469. The summed E-state index contributed by atoms with van der Waals surface area (Å²) in [6.45, 7) is 0.455. The zero-order valence-corrected chi connectivity index (χ0v) is 16.4. The molecule has 0 aliphatic rings. The molecule has 2 aromatic carbocycles. The summed E-state index contributed by atoms with van der Waals surface area (Å²) in [5, 5.41) is 8.25. The molecule has 0 unspecified atom stereocenters. The molecule has 0 radical (unpaired) electrons. The highest BCUT2D eigenvalue weighted by Crippen LogP contribution is 2.17. The minimum Gasteiger partial charge on any atom is -0.341 e. The lowest BCUT2D eigenvalue weighted by Crippen LogP contribution is -2.26. The Morgan fingerprint density at radius 1 is 1.13 bits per heavy atom. The topological polar surface area (TPSA) is 77.1 Å². The average Bonchev–Trinajstić information content (AvgIpc) is 3.43. The van der Waals surface area contributed by atoms with Crippen LogP contribution in [-0.2, 0) is 17.8 Å². The highest BCUT2D eigenvalue weighted by Gasteiger charge is 2.14. The van der Waals surface area contributed by atoms with Gasteiger partial charge in [-0.15, -0.1) is 0 Å². The van der Waals surface area contributed by atoms with Crippen molar-refractivity contribution in [2.75, 3.05) is 7.05 Å². The Morgan fingerprint density at radius 2 is 1.90 bits per heavy atom. The standard InChI is InChI=1S/C22H20FN5O2/c1-27(14-16-13-24-28(15-16)19-5-3-2-4-6-19)21(29)12-11-20-25-22(26-30-20)17-7-9-18(23)10-8-17/h2-10,13,15H,11-12,14H2,1H3. The fourth-order valence-electron chi connectivity index (χ4n) is 3.00. The molecular weight excluding hydrogens is 385 g/mol. The fourth-order valence-corrected chi connectivity index (χ4v) is 3.00. The van der Waals surface area contributed by atoms with E-state index in [-0.39, 0.29) is 18.1 Å². The molecule has 0 aliphatic heterocycles. The molecule has 1 amide bonds. The number of hydrogen-bond donors (Lipinski definition) is 0. The molecule has 0 fully saturated rings. The Morgan fingerprint density at radius 3 is 2.67 bits per heavy atom. The highest BCUT2D eigenvalue weighted by atomic mass is 19.1. The number of rotatable bonds is 7. The lowest BCUT2D eigenvalue weighted by molar-refractivity contribution is -0.130. The van der Waals surface area contributed by atoms with Gasteiger partial charge in [0, 0.05) is 43.8 Å². The summed E-state index contributed by atoms with van der Waals surface area (Å²) in [4.78, 5) is 18.4. The minimum absolute atomic E-state index is 0.0380. The Labute approximate surface area is 172 Å². The summed E-state index contributed by atoms with van der Waals surface area (Å²) in [7, 11) is 1.75. The maximum absolute atomic E-state index is 13.0. The molecule has 0 atom stereocenters. The number of carbonyl (C=O) groups excluding carboxylic acids is 1. The maximum Gasteiger partial charge on any atom is 0.227 e. The van der Waals surface area contributed by atoms with Crippen molar-refractivity contribution in [1.82, 2.24) is 24.8 Å². The average molecular weight is 405 g/mol. The second-order valence-electron chi connectivity index (χ2n) is 6.90. The van der Waals surface area contributed by atoms with Gasteiger partial charge in [0.2, 0.25) is 17.6 Å². The molecule has 0 bridgehead atoms. The Hall–Kier alpha value is -3.81. The van der Waals surface area contributed by atoms with Crippen LogP contribution in [0.3, 0.4) is 0 Å². The normalized spacial score (nSPS) is 10.9. The first-order chi connectivity index (χ1) is 14.6. The molecule has 0 spiro atoms. The number of hydrogen-bond acceptors (Lipinski definition) is 5. The van der Waals surface area contributed by atoms with E-state index in [0.29, 0.717) is 30.2 Å². The van der Waals surface area contributed by atoms with Gasteiger partial charge in [-0.3, -0.25) is 4.79 Å². The molecule has 0 N–H and O–H groups in total. The summed E-state index contributed by atoms with van der Waals surface area (Å²) in [6.07, 6.45) is 4.24. The van der Waals surface area contributed by atoms with Gasteiger partial charge in [0.25, 0.3) is 0 Å². The molecule has 30 heavy (non-hydrogen) atoms. The molecule has 2 heterocycles. The SMILES string of the molecule is CN(Cc1cnn(-c2ccccc2)c1)C(=O)CCc1nc(-c2ccc(F)cc2)no1. The molecule has 0 saturated heterocycles. The van der Waals surface area contributed by atoms with Crippen LogP contribution in [0.15, 0.2) is 71.5 Å². The second kappa shape index (κ2) is 8.69. The van der Waals surface area contributed by atoms with Crippen LogP contribution in [0, 0.1) is 5.82 Å². The van der Waals surface area contributed by atoms with Crippen LogP contribution in [0.4, 0.5) is 4.39 Å². The lowest BCUT2D eigenvalue weighted by Gasteiger charge is -2.15. The van der Waals surface area contributed by atoms with Crippen LogP contribution in [0.1, 0.15) is 17.9 Å². The number of aromatic nitrogens is 4. The van der Waals surface area contributed by atoms with Crippen molar-refractivity contribution in [2.24, 2.45) is 0 Å². The zero-order chi connectivity index (χ0) is 20.9. The number of halogens is 1. The zero-order valence-electron chi connectivity index (χ0n) is 16.4. The van der Waals surface area contributed by atoms with Gasteiger partial charge in [-0.05, 0) is 36.4 Å². The lowest BCUT2D eigenvalue weighted by atomic mass is 10.2. The Kier molecular flexibility index (Phi) is 5.65. The first-order valence-corrected chi connectivity index (χ1v) is 9.50. The van der Waals surface area contributed by atoms with Crippen molar-refractivity contribution in [3.63, 3.8) is 0 Å². The molecule has 0 saturated carbocycles. The molecule has 0 aliphatic carbocycles. The van der Waals surface area contributed by atoms with Gasteiger partial charge in [0.1, 0.15) is 5.82 Å². The van der Waals surface area contributed by atoms with Crippen molar-refractivity contribution in [3.05, 3.63) is 84.3 Å². The number of para-hydroxylation sites is 1. The third-order valence-electron chi connectivity index (χ3n) is 4.63. The van der Waals surface area contributed by atoms with E-state index in [9.17, 15) is 9.18 Å². The van der Waals surface area contributed by atoms with Crippen LogP contribution in [0.5, 0.6) is 0 Å². The van der Waals surface area contributed by atoms with E-state index in [1.807, 2.05) is 36.5 Å². The summed E-state index contributed by atoms with van der Waals surface area (Å²) < 4.78 is 20.0. The van der Waals surface area contributed by atoms with E-state index < -0.39 is 0 Å². The van der Waals surface area contributed by atoms with Crippen LogP contribution in [0.2, 0.25) is 0 Å². The summed E-state index contributed by atoms with van der Waals surface area (Å²) in [6, 6.07) is 15.6. The Balaban J connectivity index is 1.31. The van der Waals surface area contributed by atoms with E-state index in [4.69, 9.17) is 4.52 Å². The first kappa shape index (κ1) is 19.5. The van der Waals surface area contributed by atoms with Gasteiger partial charge >= 0.3 is 0 Å². The number of carbonyl (C=O) groups is 1. The van der Waals surface area contributed by atoms with E-state index in [2.05, 4.69) is 15.2 Å². The van der Waals surface area contributed by atoms with E-state index in [1.165, 1.54) is 12.1 Å². The van der Waals surface area contributed by atoms with Crippen molar-refractivity contribution in [2.45, 2.75) is 19.4 Å². The van der Waals surface area contributed by atoms with E-state index in [0.717, 1.165) is 11.3 Å². The monoisotopic (exact) mass is 405 g/mol. The summed E-state index contributed by atoms with van der Waals surface area (Å²) >= 11 is 0. The van der Waals surface area contributed by atoms with E-state index >= 15 is 0 Å². The second-order valence-corrected chi connectivity index (χ2v) is 6.90. The van der Waals surface area contributed by atoms with Gasteiger partial charge in [-0.2, -0.15) is 10.1 Å². The fraction of sp³-hybridized carbons (Fsp3) is 0.182. The smallest absolute Gasteiger partial charge is 0.227 e. The molecule has 152 valence electrons. The van der Waals surface area contributed by atoms with Gasteiger partial charge in [-0.25, -0.2) is 9.07 Å². The predicted octanol–water partition coefficient (Wildman–Crippen LogP) is 3.65. The number of aryl methyl sites for hydroxylation is 1. The summed E-state index contributed by atoms with van der Waals surface area (Å²) in [5.41, 5.74) is 2.56. The van der Waals surface area contributed by atoms with Crippen molar-refractivity contribution < 1.29 is 13.7 Å². The van der Waals surface area contributed by atoms with Crippen LogP contribution < -0.4 is 0 Å². The van der Waals surface area contributed by atoms with Crippen LogP contribution in [0.25, 0.3) is 17.1 Å². The third-order valence-corrected chi connectivity index (χ3v) is 4.63. The Bertz CT molecular complexity index is 1120. The molecule has 2 aromatic heterocycles. The van der Waals surface area contributed by atoms with Gasteiger partial charge in [0.15, 0.2) is 0 Å². The molecule has 4 aromatic rings. The molecular formula is C22H20FN5O2. The van der Waals surface area contributed by atoms with Crippen LogP contribution >= 0.6 is 0 Å². The van der Waals surface area contributed by atoms with Crippen molar-refractivity contribution in [3.8, 4) is 17.1 Å². The summed E-state index contributed by atoms with van der Waals surface area (Å²) in [5.74, 6) is 0.376. The molecule has 4 rings (SSSR count). The van der Waals surface area contributed by atoms with Gasteiger partial charge < -0.3 is 9.42 Å². The number of nitrogens with zero attached hydrogens (tertiary/aromatic N) is 5. The number of benzene rings is 2. The predicted molar refractivity (Wildman–Crippen MR) is 108 cm³/mol.